The molecule has 0 bridgehead atoms. The van der Waals surface area contributed by atoms with Gasteiger partial charge >= 0.3 is 0 Å². The van der Waals surface area contributed by atoms with Gasteiger partial charge in [-0.1, -0.05) is 17.7 Å². The summed E-state index contributed by atoms with van der Waals surface area (Å²) in [6.45, 7) is 1.92. The Hall–Kier alpha value is -1.78. The molecule has 0 saturated heterocycles. The number of aryl methyl sites for hydroxylation is 1. The number of alkyl halides is 1. The van der Waals surface area contributed by atoms with E-state index in [1.807, 2.05) is 19.1 Å². The standard InChI is InChI=1S/C14H11Cl2NO3/c1-9-6-12(4-2-10(9)8-15)20-14-7-11(17(18)19)3-5-13(14)16/h2-7H,8H2,1H3. The molecule has 0 spiro atoms. The van der Waals surface area contributed by atoms with Gasteiger partial charge in [-0.05, 0) is 36.2 Å². The van der Waals surface area contributed by atoms with Gasteiger partial charge in [0.2, 0.25) is 0 Å². The van der Waals surface area contributed by atoms with E-state index in [1.165, 1.54) is 18.2 Å². The maximum absolute atomic E-state index is 10.7. The molecule has 2 rings (SSSR count). The van der Waals surface area contributed by atoms with E-state index >= 15 is 0 Å². The molecule has 0 aliphatic carbocycles. The molecule has 0 N–H and O–H groups in total. The zero-order valence-corrected chi connectivity index (χ0v) is 12.1. The lowest BCUT2D eigenvalue weighted by atomic mass is 10.1. The van der Waals surface area contributed by atoms with Crippen LogP contribution < -0.4 is 4.74 Å². The molecule has 2 aromatic carbocycles. The van der Waals surface area contributed by atoms with Crippen molar-refractivity contribution in [3.63, 3.8) is 0 Å². The van der Waals surface area contributed by atoms with Gasteiger partial charge in [-0.3, -0.25) is 10.1 Å². The Morgan fingerprint density at radius 3 is 2.60 bits per heavy atom. The first-order valence-corrected chi connectivity index (χ1v) is 6.70. The van der Waals surface area contributed by atoms with Crippen LogP contribution in [-0.4, -0.2) is 4.92 Å². The Bertz CT molecular complexity index is 659. The third kappa shape index (κ3) is 3.21. The number of nitro groups is 1. The summed E-state index contributed by atoms with van der Waals surface area (Å²) in [6, 6.07) is 9.48. The van der Waals surface area contributed by atoms with Crippen LogP contribution in [-0.2, 0) is 5.88 Å². The highest BCUT2D eigenvalue weighted by Crippen LogP contribution is 2.33. The van der Waals surface area contributed by atoms with Gasteiger partial charge in [0.15, 0.2) is 5.75 Å². The van der Waals surface area contributed by atoms with E-state index < -0.39 is 4.92 Å². The van der Waals surface area contributed by atoms with Gasteiger partial charge in [0.05, 0.1) is 16.0 Å². The van der Waals surface area contributed by atoms with Gasteiger partial charge in [0.1, 0.15) is 5.75 Å². The molecule has 20 heavy (non-hydrogen) atoms. The maximum atomic E-state index is 10.7. The first-order valence-electron chi connectivity index (χ1n) is 5.78. The van der Waals surface area contributed by atoms with Crippen LogP contribution in [0.15, 0.2) is 36.4 Å². The van der Waals surface area contributed by atoms with Crippen LogP contribution >= 0.6 is 23.2 Å². The fraction of sp³-hybridized carbons (Fsp3) is 0.143. The third-order valence-corrected chi connectivity index (χ3v) is 3.41. The molecular formula is C14H11Cl2NO3. The fourth-order valence-electron chi connectivity index (χ4n) is 1.69. The highest BCUT2D eigenvalue weighted by Gasteiger charge is 2.12. The van der Waals surface area contributed by atoms with Crippen LogP contribution in [0.1, 0.15) is 11.1 Å². The SMILES string of the molecule is Cc1cc(Oc2cc([N+](=O)[O-])ccc2Cl)ccc1CCl. The molecule has 0 amide bonds. The number of nitro benzene ring substituents is 1. The minimum absolute atomic E-state index is 0.0708. The minimum Gasteiger partial charge on any atom is -0.456 e. The van der Waals surface area contributed by atoms with Crippen LogP contribution in [0.3, 0.4) is 0 Å². The molecule has 104 valence electrons. The van der Waals surface area contributed by atoms with E-state index in [1.54, 1.807) is 6.07 Å². The number of ether oxygens (including phenoxy) is 1. The third-order valence-electron chi connectivity index (χ3n) is 2.81. The Morgan fingerprint density at radius 2 is 2.00 bits per heavy atom. The van der Waals surface area contributed by atoms with Crippen LogP contribution in [0.25, 0.3) is 0 Å². The van der Waals surface area contributed by atoms with Crippen LogP contribution in [0.4, 0.5) is 5.69 Å². The second-order valence-corrected chi connectivity index (χ2v) is 4.87. The van der Waals surface area contributed by atoms with Crippen molar-refractivity contribution in [2.24, 2.45) is 0 Å². The smallest absolute Gasteiger partial charge is 0.273 e. The monoisotopic (exact) mass is 311 g/mol. The van der Waals surface area contributed by atoms with Crippen molar-refractivity contribution in [1.29, 1.82) is 0 Å². The lowest BCUT2D eigenvalue weighted by Gasteiger charge is -2.09. The normalized spacial score (nSPS) is 10.3. The number of halogens is 2. The fourth-order valence-corrected chi connectivity index (χ4v) is 2.15. The van der Waals surface area contributed by atoms with E-state index in [2.05, 4.69) is 0 Å². The van der Waals surface area contributed by atoms with Crippen molar-refractivity contribution in [2.75, 3.05) is 0 Å². The van der Waals surface area contributed by atoms with E-state index in [9.17, 15) is 10.1 Å². The highest BCUT2D eigenvalue weighted by atomic mass is 35.5. The zero-order chi connectivity index (χ0) is 14.7. The summed E-state index contributed by atoms with van der Waals surface area (Å²) in [4.78, 5) is 10.3. The van der Waals surface area contributed by atoms with Crippen LogP contribution in [0, 0.1) is 17.0 Å². The van der Waals surface area contributed by atoms with Gasteiger partial charge in [-0.15, -0.1) is 11.6 Å². The summed E-state index contributed by atoms with van der Waals surface area (Å²) < 4.78 is 5.60. The molecule has 6 heteroatoms. The Balaban J connectivity index is 2.32. The molecule has 0 saturated carbocycles. The van der Waals surface area contributed by atoms with Crippen molar-refractivity contribution in [3.8, 4) is 11.5 Å². The maximum Gasteiger partial charge on any atom is 0.273 e. The van der Waals surface area contributed by atoms with E-state index in [4.69, 9.17) is 27.9 Å². The molecule has 2 aromatic rings. The number of rotatable bonds is 4. The Labute approximate surface area is 126 Å². The predicted octanol–water partition coefficient (Wildman–Crippen LogP) is 5.09. The van der Waals surface area contributed by atoms with Crippen LogP contribution in [0.5, 0.6) is 11.5 Å². The first kappa shape index (κ1) is 14.6. The molecule has 4 nitrogen and oxygen atoms in total. The van der Waals surface area contributed by atoms with Crippen LogP contribution in [0.2, 0.25) is 5.02 Å². The van der Waals surface area contributed by atoms with Crippen molar-refractivity contribution in [3.05, 3.63) is 62.7 Å². The lowest BCUT2D eigenvalue weighted by molar-refractivity contribution is -0.384. The second kappa shape index (κ2) is 6.11. The summed E-state index contributed by atoms with van der Waals surface area (Å²) in [5.41, 5.74) is 1.92. The average molecular weight is 312 g/mol. The molecule has 0 aliphatic heterocycles. The summed E-state index contributed by atoms with van der Waals surface area (Å²) in [5.74, 6) is 1.22. The predicted molar refractivity (Wildman–Crippen MR) is 78.9 cm³/mol. The molecule has 0 aliphatic rings. The summed E-state index contributed by atoms with van der Waals surface area (Å²) in [7, 11) is 0. The Kier molecular flexibility index (Phi) is 4.47. The van der Waals surface area contributed by atoms with Gasteiger partial charge in [-0.2, -0.15) is 0 Å². The highest BCUT2D eigenvalue weighted by molar-refractivity contribution is 6.32. The van der Waals surface area contributed by atoms with Gasteiger partial charge in [-0.25, -0.2) is 0 Å². The first-order chi connectivity index (χ1) is 9.51. The zero-order valence-electron chi connectivity index (χ0n) is 10.6. The number of hydrogen-bond donors (Lipinski definition) is 0. The van der Waals surface area contributed by atoms with E-state index in [0.717, 1.165) is 11.1 Å². The minimum atomic E-state index is -0.495. The van der Waals surface area contributed by atoms with Gasteiger partial charge in [0, 0.05) is 11.9 Å². The largest absolute Gasteiger partial charge is 0.456 e. The molecule has 0 radical (unpaired) electrons. The van der Waals surface area contributed by atoms with Crippen molar-refractivity contribution < 1.29 is 9.66 Å². The number of non-ortho nitro benzene ring substituents is 1. The average Bonchev–Trinajstić information content (AvgIpc) is 2.41. The van der Waals surface area contributed by atoms with E-state index in [0.29, 0.717) is 16.7 Å². The Morgan fingerprint density at radius 1 is 1.25 bits per heavy atom. The number of nitrogens with zero attached hydrogens (tertiary/aromatic N) is 1. The molecule has 0 atom stereocenters. The van der Waals surface area contributed by atoms with Crippen molar-refractivity contribution in [2.45, 2.75) is 12.8 Å². The summed E-state index contributed by atoms with van der Waals surface area (Å²) >= 11 is 11.8. The summed E-state index contributed by atoms with van der Waals surface area (Å²) in [5, 5.41) is 11.1. The molecular weight excluding hydrogens is 301 g/mol. The quantitative estimate of drug-likeness (QED) is 0.449. The molecule has 0 fully saturated rings. The topological polar surface area (TPSA) is 52.4 Å². The van der Waals surface area contributed by atoms with Gasteiger partial charge in [0.25, 0.3) is 5.69 Å². The van der Waals surface area contributed by atoms with Gasteiger partial charge < -0.3 is 4.74 Å². The molecule has 0 unspecified atom stereocenters. The van der Waals surface area contributed by atoms with Crippen molar-refractivity contribution >= 4 is 28.9 Å². The molecule has 0 aromatic heterocycles. The molecule has 0 heterocycles. The van der Waals surface area contributed by atoms with Crippen molar-refractivity contribution in [1.82, 2.24) is 0 Å². The lowest BCUT2D eigenvalue weighted by Crippen LogP contribution is -1.92. The number of benzene rings is 2. The van der Waals surface area contributed by atoms with E-state index in [-0.39, 0.29) is 11.4 Å². The second-order valence-electron chi connectivity index (χ2n) is 4.20. The summed E-state index contributed by atoms with van der Waals surface area (Å²) in [6.07, 6.45) is 0. The number of hydrogen-bond acceptors (Lipinski definition) is 3.